The van der Waals surface area contributed by atoms with Crippen molar-refractivity contribution in [1.29, 1.82) is 0 Å². The summed E-state index contributed by atoms with van der Waals surface area (Å²) in [5, 5.41) is 0. The molecule has 0 aliphatic heterocycles. The van der Waals surface area contributed by atoms with Crippen LogP contribution in [0.2, 0.25) is 0 Å². The number of aromatic nitrogens is 1. The van der Waals surface area contributed by atoms with Crippen LogP contribution in [0.15, 0.2) is 53.7 Å². The third-order valence-electron chi connectivity index (χ3n) is 3.74. The van der Waals surface area contributed by atoms with Crippen LogP contribution < -0.4 is 4.72 Å². The number of carbonyl (C=O) groups excluding carboxylic acids is 1. The van der Waals surface area contributed by atoms with Gasteiger partial charge in [-0.1, -0.05) is 6.07 Å². The van der Waals surface area contributed by atoms with Gasteiger partial charge in [-0.15, -0.1) is 0 Å². The number of rotatable bonds is 6. The minimum atomic E-state index is -3.60. The highest BCUT2D eigenvalue weighted by molar-refractivity contribution is 7.89. The molecule has 1 aliphatic rings. The zero-order chi connectivity index (χ0) is 17.2. The average molecular weight is 346 g/mol. The lowest BCUT2D eigenvalue weighted by molar-refractivity contribution is 0.0337. The summed E-state index contributed by atoms with van der Waals surface area (Å²) in [5.41, 5.74) is 1.02. The van der Waals surface area contributed by atoms with Crippen molar-refractivity contribution < 1.29 is 17.9 Å². The minimum absolute atomic E-state index is 0.0114. The van der Waals surface area contributed by atoms with E-state index in [0.717, 1.165) is 18.4 Å². The van der Waals surface area contributed by atoms with E-state index in [1.807, 2.05) is 0 Å². The molecule has 2 aromatic rings. The number of hydrogen-bond donors (Lipinski definition) is 1. The second-order valence-corrected chi connectivity index (χ2v) is 7.47. The summed E-state index contributed by atoms with van der Waals surface area (Å²) in [5.74, 6) is -0.567. The van der Waals surface area contributed by atoms with Crippen LogP contribution in [0.5, 0.6) is 0 Å². The van der Waals surface area contributed by atoms with E-state index in [4.69, 9.17) is 4.74 Å². The molecule has 1 heterocycles. The van der Waals surface area contributed by atoms with Gasteiger partial charge in [-0.3, -0.25) is 4.98 Å². The quantitative estimate of drug-likeness (QED) is 0.812. The third-order valence-corrected chi connectivity index (χ3v) is 5.26. The lowest BCUT2D eigenvalue weighted by Crippen LogP contribution is -2.26. The fourth-order valence-corrected chi connectivity index (χ4v) is 3.56. The average Bonchev–Trinajstić information content (AvgIpc) is 3.39. The molecule has 3 rings (SSSR count). The number of pyridine rings is 1. The summed E-state index contributed by atoms with van der Waals surface area (Å²) in [6.45, 7) is 1.75. The SMILES string of the molecule is C[C@H](OC(=O)c1cccc(S(=O)(=O)NC2CC2)c1)c1ccncc1. The molecule has 24 heavy (non-hydrogen) atoms. The first kappa shape index (κ1) is 16.6. The van der Waals surface area contributed by atoms with E-state index in [-0.39, 0.29) is 16.5 Å². The molecule has 0 bridgehead atoms. The van der Waals surface area contributed by atoms with Crippen molar-refractivity contribution in [2.75, 3.05) is 0 Å². The zero-order valence-corrected chi connectivity index (χ0v) is 14.0. The Balaban J connectivity index is 1.74. The monoisotopic (exact) mass is 346 g/mol. The molecule has 1 saturated carbocycles. The third kappa shape index (κ3) is 3.98. The van der Waals surface area contributed by atoms with E-state index < -0.39 is 22.1 Å². The van der Waals surface area contributed by atoms with Crippen molar-refractivity contribution in [1.82, 2.24) is 9.71 Å². The van der Waals surface area contributed by atoms with Gasteiger partial charge < -0.3 is 4.74 Å². The van der Waals surface area contributed by atoms with E-state index in [1.165, 1.54) is 24.3 Å². The summed E-state index contributed by atoms with van der Waals surface area (Å²) in [6.07, 6.45) is 4.49. The fraction of sp³-hybridized carbons (Fsp3) is 0.294. The van der Waals surface area contributed by atoms with Crippen LogP contribution in [0.1, 0.15) is 41.8 Å². The second-order valence-electron chi connectivity index (χ2n) is 5.75. The van der Waals surface area contributed by atoms with E-state index in [2.05, 4.69) is 9.71 Å². The Labute approximate surface area is 140 Å². The first-order chi connectivity index (χ1) is 11.5. The van der Waals surface area contributed by atoms with Gasteiger partial charge in [-0.25, -0.2) is 17.9 Å². The Kier molecular flexibility index (Phi) is 4.64. The van der Waals surface area contributed by atoms with Crippen LogP contribution in [0, 0.1) is 0 Å². The summed E-state index contributed by atoms with van der Waals surface area (Å²) < 4.78 is 32.5. The first-order valence-corrected chi connectivity index (χ1v) is 9.17. The number of ether oxygens (including phenoxy) is 1. The molecular formula is C17H18N2O4S. The minimum Gasteiger partial charge on any atom is -0.454 e. The maximum atomic E-state index is 12.3. The summed E-state index contributed by atoms with van der Waals surface area (Å²) in [7, 11) is -3.60. The fourth-order valence-electron chi connectivity index (χ4n) is 2.21. The molecule has 1 aromatic carbocycles. The van der Waals surface area contributed by atoms with Gasteiger partial charge in [0.2, 0.25) is 10.0 Å². The lowest BCUT2D eigenvalue weighted by Gasteiger charge is -2.14. The highest BCUT2D eigenvalue weighted by atomic mass is 32.2. The Morgan fingerprint density at radius 2 is 1.96 bits per heavy atom. The summed E-state index contributed by atoms with van der Waals surface area (Å²) >= 11 is 0. The molecule has 1 aliphatic carbocycles. The van der Waals surface area contributed by atoms with Crippen molar-refractivity contribution in [3.05, 3.63) is 59.9 Å². The number of sulfonamides is 1. The van der Waals surface area contributed by atoms with Crippen LogP contribution in [0.3, 0.4) is 0 Å². The van der Waals surface area contributed by atoms with E-state index in [1.54, 1.807) is 31.5 Å². The molecule has 7 heteroatoms. The van der Waals surface area contributed by atoms with Crippen LogP contribution in [0.25, 0.3) is 0 Å². The van der Waals surface area contributed by atoms with Crippen LogP contribution in [-0.4, -0.2) is 25.4 Å². The Bertz CT molecular complexity index is 833. The van der Waals surface area contributed by atoms with Gasteiger partial charge in [0.25, 0.3) is 0 Å². The van der Waals surface area contributed by atoms with Crippen molar-refractivity contribution >= 4 is 16.0 Å². The molecular weight excluding hydrogens is 328 g/mol. The number of esters is 1. The standard InChI is InChI=1S/C17H18N2O4S/c1-12(13-7-9-18-10-8-13)23-17(20)14-3-2-4-16(11-14)24(21,22)19-15-5-6-15/h2-4,7-12,15,19H,5-6H2,1H3/t12-/m0/s1. The predicted molar refractivity (Wildman–Crippen MR) is 87.9 cm³/mol. The molecule has 0 spiro atoms. The van der Waals surface area contributed by atoms with Gasteiger partial charge in [0.1, 0.15) is 6.10 Å². The Morgan fingerprint density at radius 3 is 2.62 bits per heavy atom. The maximum Gasteiger partial charge on any atom is 0.338 e. The van der Waals surface area contributed by atoms with Gasteiger partial charge in [-0.05, 0) is 55.7 Å². The number of nitrogens with one attached hydrogen (secondary N) is 1. The van der Waals surface area contributed by atoms with Gasteiger partial charge in [0.05, 0.1) is 10.5 Å². The molecule has 6 nitrogen and oxygen atoms in total. The number of hydrogen-bond acceptors (Lipinski definition) is 5. The van der Waals surface area contributed by atoms with Gasteiger partial charge in [0, 0.05) is 18.4 Å². The topological polar surface area (TPSA) is 85.4 Å². The summed E-state index contributed by atoms with van der Waals surface area (Å²) in [6, 6.07) is 9.42. The number of carbonyl (C=O) groups is 1. The van der Waals surface area contributed by atoms with Crippen LogP contribution in [-0.2, 0) is 14.8 Å². The first-order valence-electron chi connectivity index (χ1n) is 7.69. The molecule has 0 radical (unpaired) electrons. The number of benzene rings is 1. The number of nitrogens with zero attached hydrogens (tertiary/aromatic N) is 1. The van der Waals surface area contributed by atoms with Gasteiger partial charge in [-0.2, -0.15) is 0 Å². The van der Waals surface area contributed by atoms with E-state index in [9.17, 15) is 13.2 Å². The molecule has 1 aromatic heterocycles. The van der Waals surface area contributed by atoms with Gasteiger partial charge >= 0.3 is 5.97 Å². The van der Waals surface area contributed by atoms with Crippen LogP contribution >= 0.6 is 0 Å². The molecule has 1 N–H and O–H groups in total. The summed E-state index contributed by atoms with van der Waals surface area (Å²) in [4.78, 5) is 16.3. The molecule has 0 saturated heterocycles. The molecule has 1 atom stereocenters. The van der Waals surface area contributed by atoms with Crippen molar-refractivity contribution in [2.24, 2.45) is 0 Å². The van der Waals surface area contributed by atoms with E-state index >= 15 is 0 Å². The highest BCUT2D eigenvalue weighted by Crippen LogP contribution is 2.23. The molecule has 0 amide bonds. The Hall–Kier alpha value is -2.25. The van der Waals surface area contributed by atoms with Gasteiger partial charge in [0.15, 0.2) is 0 Å². The van der Waals surface area contributed by atoms with Crippen LogP contribution in [0.4, 0.5) is 0 Å². The van der Waals surface area contributed by atoms with Crippen molar-refractivity contribution in [3.8, 4) is 0 Å². The smallest absolute Gasteiger partial charge is 0.338 e. The second kappa shape index (κ2) is 6.70. The maximum absolute atomic E-state index is 12.3. The lowest BCUT2D eigenvalue weighted by atomic mass is 10.1. The van der Waals surface area contributed by atoms with E-state index in [0.29, 0.717) is 0 Å². The zero-order valence-electron chi connectivity index (χ0n) is 13.2. The normalized spacial score (nSPS) is 15.7. The predicted octanol–water partition coefficient (Wildman–Crippen LogP) is 2.44. The highest BCUT2D eigenvalue weighted by Gasteiger charge is 2.28. The largest absolute Gasteiger partial charge is 0.454 e. The van der Waals surface area contributed by atoms with Crippen molar-refractivity contribution in [3.63, 3.8) is 0 Å². The van der Waals surface area contributed by atoms with Crippen molar-refractivity contribution in [2.45, 2.75) is 36.8 Å². The molecule has 126 valence electrons. The molecule has 0 unspecified atom stereocenters. The Morgan fingerprint density at radius 1 is 1.25 bits per heavy atom. The molecule has 1 fully saturated rings.